The van der Waals surface area contributed by atoms with Gasteiger partial charge in [-0.05, 0) is 89.3 Å². The van der Waals surface area contributed by atoms with E-state index in [0.717, 1.165) is 13.8 Å². The summed E-state index contributed by atoms with van der Waals surface area (Å²) in [5, 5.41) is 6.11. The second-order valence-electron chi connectivity index (χ2n) is 17.4. The van der Waals surface area contributed by atoms with E-state index in [0.29, 0.717) is 56.6 Å². The fraction of sp³-hybridized carbons (Fsp3) is 0.634. The van der Waals surface area contributed by atoms with Crippen LogP contribution in [0.4, 0.5) is 18.0 Å². The molecule has 3 fully saturated rings. The van der Waals surface area contributed by atoms with Gasteiger partial charge in [-0.3, -0.25) is 19.1 Å². The number of alkyl halides is 2. The number of benzene rings is 1. The van der Waals surface area contributed by atoms with Crippen LogP contribution in [-0.2, 0) is 29.1 Å². The number of ether oxygens (including phenoxy) is 3. The highest BCUT2D eigenvalue weighted by atomic mass is 32.2. The van der Waals surface area contributed by atoms with Crippen molar-refractivity contribution < 1.29 is 55.0 Å². The molecular formula is C41H54F3N5O9S. The summed E-state index contributed by atoms with van der Waals surface area (Å²) in [7, 11) is -2.65. The molecule has 2 aliphatic heterocycles. The standard InChI is InChI=1S/C41H54F3N5O9S/c1-8-24-17-23(2)11-9-10-12-25-20-41(25,36(52)48-59(54,55)39(5)15-16-39)47-33(50)30-19-27(57-34-29-18-26(42)13-14-28(29)31(56-7)21-45-34)22-49(30)35(51)32(24)46-37(53)58-38(3,4)40(6,43)44/h10,12-14,18,21,23-25,27,30,32H,8-9,11,15-17,19-20,22H2,1-7H3,(H,46,53)(H,47,50)(H,48,52)/b12-10-/t23-,24+,25+,27+,30-,32-,41+/m0/s1. The van der Waals surface area contributed by atoms with E-state index in [4.69, 9.17) is 14.2 Å². The van der Waals surface area contributed by atoms with E-state index in [1.165, 1.54) is 43.3 Å². The third-order valence-electron chi connectivity index (χ3n) is 12.6. The molecule has 0 radical (unpaired) electrons. The lowest BCUT2D eigenvalue weighted by atomic mass is 9.85. The van der Waals surface area contributed by atoms with E-state index < -0.39 is 91.5 Å². The molecular weight excluding hydrogens is 796 g/mol. The highest BCUT2D eigenvalue weighted by Gasteiger charge is 2.63. The van der Waals surface area contributed by atoms with Crippen LogP contribution in [0.15, 0.2) is 36.5 Å². The van der Waals surface area contributed by atoms with Crippen LogP contribution in [0, 0.1) is 23.6 Å². The molecule has 1 saturated heterocycles. The summed E-state index contributed by atoms with van der Waals surface area (Å²) < 4.78 is 87.9. The molecule has 3 N–H and O–H groups in total. The van der Waals surface area contributed by atoms with Gasteiger partial charge in [-0.25, -0.2) is 31.4 Å². The number of amides is 4. The van der Waals surface area contributed by atoms with Crippen LogP contribution in [0.3, 0.4) is 0 Å². The number of sulfonamides is 1. The molecule has 0 spiro atoms. The van der Waals surface area contributed by atoms with E-state index in [1.807, 2.05) is 19.9 Å². The Morgan fingerprint density at radius 2 is 1.83 bits per heavy atom. The number of carbonyl (C=O) groups excluding carboxylic acids is 4. The van der Waals surface area contributed by atoms with Gasteiger partial charge in [0.25, 0.3) is 11.8 Å². The molecule has 7 atom stereocenters. The van der Waals surface area contributed by atoms with E-state index in [2.05, 4.69) is 20.3 Å². The van der Waals surface area contributed by atoms with Crippen LogP contribution < -0.4 is 24.8 Å². The van der Waals surface area contributed by atoms with E-state index >= 15 is 0 Å². The molecule has 3 heterocycles. The van der Waals surface area contributed by atoms with Gasteiger partial charge in [0.2, 0.25) is 27.7 Å². The first kappa shape index (κ1) is 44.0. The number of hydrogen-bond donors (Lipinski definition) is 3. The molecule has 2 saturated carbocycles. The number of alkyl carbamates (subject to hydrolysis) is 1. The van der Waals surface area contributed by atoms with Gasteiger partial charge in [-0.1, -0.05) is 32.4 Å². The average molecular weight is 850 g/mol. The Kier molecular flexibility index (Phi) is 12.0. The summed E-state index contributed by atoms with van der Waals surface area (Å²) in [6.07, 6.45) is 5.57. The lowest BCUT2D eigenvalue weighted by molar-refractivity contribution is -0.152. The van der Waals surface area contributed by atoms with Crippen molar-refractivity contribution in [3.63, 3.8) is 0 Å². The van der Waals surface area contributed by atoms with Gasteiger partial charge in [0.15, 0.2) is 5.60 Å². The summed E-state index contributed by atoms with van der Waals surface area (Å²) in [6, 6.07) is 1.27. The van der Waals surface area contributed by atoms with E-state index in [9.17, 15) is 40.8 Å². The van der Waals surface area contributed by atoms with Crippen molar-refractivity contribution in [3.05, 3.63) is 42.4 Å². The first-order chi connectivity index (χ1) is 27.5. The number of allylic oxidation sites excluding steroid dienone is 1. The summed E-state index contributed by atoms with van der Waals surface area (Å²) in [5.74, 6) is -7.18. The smallest absolute Gasteiger partial charge is 0.408 e. The normalized spacial score (nSPS) is 29.2. The summed E-state index contributed by atoms with van der Waals surface area (Å²) >= 11 is 0. The van der Waals surface area contributed by atoms with Gasteiger partial charge in [0, 0.05) is 24.6 Å². The van der Waals surface area contributed by atoms with Crippen molar-refractivity contribution in [3.8, 4) is 11.6 Å². The van der Waals surface area contributed by atoms with Crippen LogP contribution in [-0.4, -0.2) is 95.8 Å². The highest BCUT2D eigenvalue weighted by Crippen LogP contribution is 2.48. The van der Waals surface area contributed by atoms with Gasteiger partial charge in [-0.2, -0.15) is 0 Å². The second-order valence-corrected chi connectivity index (χ2v) is 19.6. The van der Waals surface area contributed by atoms with Gasteiger partial charge < -0.3 is 29.7 Å². The Bertz CT molecular complexity index is 2130. The molecule has 2 aliphatic carbocycles. The molecule has 6 rings (SSSR count). The molecule has 1 aromatic carbocycles. The van der Waals surface area contributed by atoms with Crippen molar-refractivity contribution in [2.75, 3.05) is 13.7 Å². The van der Waals surface area contributed by atoms with Crippen LogP contribution in [0.2, 0.25) is 0 Å². The molecule has 4 amide bonds. The minimum atomic E-state index is -4.08. The Morgan fingerprint density at radius 3 is 2.47 bits per heavy atom. The molecule has 18 heteroatoms. The molecule has 0 unspecified atom stereocenters. The summed E-state index contributed by atoms with van der Waals surface area (Å²) in [6.45, 7) is 7.82. The largest absolute Gasteiger partial charge is 0.494 e. The third-order valence-corrected chi connectivity index (χ3v) is 14.7. The van der Waals surface area contributed by atoms with Gasteiger partial charge >= 0.3 is 6.09 Å². The Hall–Kier alpha value is -4.61. The molecule has 324 valence electrons. The number of fused-ring (bicyclic) bond motifs is 3. The van der Waals surface area contributed by atoms with Crippen LogP contribution in [0.1, 0.15) is 92.9 Å². The maximum atomic E-state index is 15.0. The molecule has 1 aromatic heterocycles. The Labute approximate surface area is 342 Å². The number of methoxy groups -OCH3 is 1. The quantitative estimate of drug-likeness (QED) is 0.257. The third kappa shape index (κ3) is 8.97. The maximum Gasteiger partial charge on any atom is 0.408 e. The number of nitrogens with one attached hydrogen (secondary N) is 3. The zero-order valence-electron chi connectivity index (χ0n) is 34.4. The molecule has 59 heavy (non-hydrogen) atoms. The van der Waals surface area contributed by atoms with Crippen molar-refractivity contribution in [2.24, 2.45) is 17.8 Å². The van der Waals surface area contributed by atoms with E-state index in [-0.39, 0.29) is 36.6 Å². The number of pyridine rings is 1. The average Bonchev–Trinajstić information content (AvgIpc) is 4.03. The first-order valence-corrected chi connectivity index (χ1v) is 21.5. The summed E-state index contributed by atoms with van der Waals surface area (Å²) in [4.78, 5) is 62.4. The molecule has 0 bridgehead atoms. The number of hydrogen-bond acceptors (Lipinski definition) is 10. The minimum absolute atomic E-state index is 0.00371. The lowest BCUT2D eigenvalue weighted by Crippen LogP contribution is -2.60. The molecule has 2 aromatic rings. The van der Waals surface area contributed by atoms with Crippen molar-refractivity contribution in [2.45, 2.75) is 133 Å². The number of rotatable bonds is 10. The zero-order chi connectivity index (χ0) is 43.3. The Morgan fingerprint density at radius 1 is 1.12 bits per heavy atom. The predicted octanol–water partition coefficient (Wildman–Crippen LogP) is 5.54. The number of aromatic nitrogens is 1. The molecule has 14 nitrogen and oxygen atoms in total. The zero-order valence-corrected chi connectivity index (χ0v) is 35.2. The predicted molar refractivity (Wildman–Crippen MR) is 211 cm³/mol. The Balaban J connectivity index is 1.38. The van der Waals surface area contributed by atoms with Crippen molar-refractivity contribution >= 4 is 44.6 Å². The lowest BCUT2D eigenvalue weighted by Gasteiger charge is -2.35. The first-order valence-electron chi connectivity index (χ1n) is 20.1. The van der Waals surface area contributed by atoms with Gasteiger partial charge in [-0.15, -0.1) is 0 Å². The van der Waals surface area contributed by atoms with Gasteiger partial charge in [0.1, 0.15) is 35.3 Å². The van der Waals surface area contributed by atoms with Crippen LogP contribution in [0.25, 0.3) is 10.8 Å². The summed E-state index contributed by atoms with van der Waals surface area (Å²) in [5.41, 5.74) is -3.90. The fourth-order valence-corrected chi connectivity index (χ4v) is 9.18. The molecule has 4 aliphatic rings. The van der Waals surface area contributed by atoms with Crippen LogP contribution in [0.5, 0.6) is 11.6 Å². The SMILES string of the molecule is CC[C@@H]1C[C@@H](C)CC/C=C\[C@@H]2C[C@@]2(C(=O)NS(=O)(=O)C2(C)CC2)NC(=O)[C@@H]2C[C@@H](Oc3ncc(OC)c4ccc(F)cc34)CN2C(=O)[C@H]1NC(=O)OC(C)(C)C(C)(F)F. The number of nitrogens with zero attached hydrogens (tertiary/aromatic N) is 2. The van der Waals surface area contributed by atoms with Crippen LogP contribution >= 0.6 is 0 Å². The van der Waals surface area contributed by atoms with Crippen molar-refractivity contribution in [1.29, 1.82) is 0 Å². The van der Waals surface area contributed by atoms with E-state index in [1.54, 1.807) is 6.08 Å². The number of halogens is 3. The second kappa shape index (κ2) is 16.1. The van der Waals surface area contributed by atoms with Gasteiger partial charge in [0.05, 0.1) is 30.0 Å². The topological polar surface area (TPSA) is 182 Å². The maximum absolute atomic E-state index is 15.0. The number of carbonyl (C=O) groups is 4. The monoisotopic (exact) mass is 849 g/mol. The fourth-order valence-electron chi connectivity index (χ4n) is 7.87. The highest BCUT2D eigenvalue weighted by molar-refractivity contribution is 7.91. The van der Waals surface area contributed by atoms with Crippen molar-refractivity contribution in [1.82, 2.24) is 25.2 Å². The minimum Gasteiger partial charge on any atom is -0.494 e.